The van der Waals surface area contributed by atoms with Crippen LogP contribution in [0.25, 0.3) is 0 Å². The van der Waals surface area contributed by atoms with E-state index in [1.807, 2.05) is 12.1 Å². The monoisotopic (exact) mass is 269 g/mol. The van der Waals surface area contributed by atoms with Crippen LogP contribution in [-0.4, -0.2) is 13.2 Å². The molecule has 0 unspecified atom stereocenters. The van der Waals surface area contributed by atoms with Crippen LogP contribution < -0.4 is 10.5 Å². The van der Waals surface area contributed by atoms with Gasteiger partial charge in [-0.2, -0.15) is 0 Å². The summed E-state index contributed by atoms with van der Waals surface area (Å²) >= 11 is 3.52. The molecule has 0 saturated heterocycles. The highest BCUT2D eigenvalue weighted by Crippen LogP contribution is 2.33. The van der Waals surface area contributed by atoms with Crippen LogP contribution in [0.1, 0.15) is 18.4 Å². The van der Waals surface area contributed by atoms with Crippen LogP contribution in [-0.2, 0) is 6.42 Å². The van der Waals surface area contributed by atoms with Crippen LogP contribution in [0.2, 0.25) is 0 Å². The SMILES string of the molecule is NCCc1cccc(Br)c1OCC1CC1. The highest BCUT2D eigenvalue weighted by Gasteiger charge is 2.22. The second-order valence-corrected chi connectivity index (χ2v) is 4.88. The molecule has 0 radical (unpaired) electrons. The molecule has 1 aliphatic carbocycles. The fourth-order valence-electron chi connectivity index (χ4n) is 1.55. The molecule has 2 N–H and O–H groups in total. The van der Waals surface area contributed by atoms with Gasteiger partial charge in [-0.1, -0.05) is 12.1 Å². The Morgan fingerprint density at radius 1 is 1.40 bits per heavy atom. The van der Waals surface area contributed by atoms with Gasteiger partial charge < -0.3 is 10.5 Å². The van der Waals surface area contributed by atoms with Gasteiger partial charge in [-0.05, 0) is 59.3 Å². The van der Waals surface area contributed by atoms with Gasteiger partial charge in [-0.25, -0.2) is 0 Å². The summed E-state index contributed by atoms with van der Waals surface area (Å²) in [5.74, 6) is 1.76. The molecule has 1 aromatic rings. The van der Waals surface area contributed by atoms with Crippen molar-refractivity contribution in [3.05, 3.63) is 28.2 Å². The minimum absolute atomic E-state index is 0.663. The lowest BCUT2D eigenvalue weighted by molar-refractivity contribution is 0.295. The van der Waals surface area contributed by atoms with E-state index in [-0.39, 0.29) is 0 Å². The quantitative estimate of drug-likeness (QED) is 0.892. The predicted octanol–water partition coefficient (Wildman–Crippen LogP) is 2.74. The number of hydrogen-bond acceptors (Lipinski definition) is 2. The lowest BCUT2D eigenvalue weighted by atomic mass is 10.1. The molecule has 1 saturated carbocycles. The molecule has 1 aliphatic rings. The molecule has 1 aromatic carbocycles. The fourth-order valence-corrected chi connectivity index (χ4v) is 2.07. The topological polar surface area (TPSA) is 35.2 Å². The molecule has 0 spiro atoms. The van der Waals surface area contributed by atoms with Crippen LogP contribution in [0.3, 0.4) is 0 Å². The number of nitrogens with two attached hydrogens (primary N) is 1. The Morgan fingerprint density at radius 3 is 2.87 bits per heavy atom. The van der Waals surface area contributed by atoms with Crippen molar-refractivity contribution in [1.29, 1.82) is 0 Å². The Bertz CT molecular complexity index is 336. The second kappa shape index (κ2) is 4.99. The van der Waals surface area contributed by atoms with Crippen molar-refractivity contribution in [3.63, 3.8) is 0 Å². The van der Waals surface area contributed by atoms with E-state index in [9.17, 15) is 0 Å². The summed E-state index contributed by atoms with van der Waals surface area (Å²) in [4.78, 5) is 0. The molecule has 1 fully saturated rings. The lowest BCUT2D eigenvalue weighted by Gasteiger charge is -2.12. The number of rotatable bonds is 5. The van der Waals surface area contributed by atoms with E-state index in [2.05, 4.69) is 22.0 Å². The highest BCUT2D eigenvalue weighted by molar-refractivity contribution is 9.10. The largest absolute Gasteiger partial charge is 0.492 e. The average Bonchev–Trinajstić information content (AvgIpc) is 3.01. The first kappa shape index (κ1) is 11.0. The molecule has 0 heterocycles. The van der Waals surface area contributed by atoms with Crippen LogP contribution in [0.4, 0.5) is 0 Å². The molecule has 0 bridgehead atoms. The van der Waals surface area contributed by atoms with Crippen molar-refractivity contribution in [2.24, 2.45) is 11.7 Å². The molecule has 0 amide bonds. The summed E-state index contributed by atoms with van der Waals surface area (Å²) < 4.78 is 6.88. The normalized spacial score (nSPS) is 15.3. The Hall–Kier alpha value is -0.540. The molecule has 2 rings (SSSR count). The fraction of sp³-hybridized carbons (Fsp3) is 0.500. The molecular weight excluding hydrogens is 254 g/mol. The Morgan fingerprint density at radius 2 is 2.20 bits per heavy atom. The standard InChI is InChI=1S/C12H16BrNO/c13-11-3-1-2-10(6-7-14)12(11)15-8-9-4-5-9/h1-3,9H,4-8,14H2. The van der Waals surface area contributed by atoms with E-state index < -0.39 is 0 Å². The third-order valence-corrected chi connectivity index (χ3v) is 3.25. The summed E-state index contributed by atoms with van der Waals surface area (Å²) in [6, 6.07) is 6.13. The van der Waals surface area contributed by atoms with E-state index in [0.29, 0.717) is 6.54 Å². The zero-order valence-electron chi connectivity index (χ0n) is 8.71. The summed E-state index contributed by atoms with van der Waals surface area (Å²) in [6.07, 6.45) is 3.51. The molecular formula is C12H16BrNO. The number of benzene rings is 1. The first-order valence-corrected chi connectivity index (χ1v) is 6.21. The number of ether oxygens (including phenoxy) is 1. The van der Waals surface area contributed by atoms with Crippen molar-refractivity contribution in [1.82, 2.24) is 0 Å². The van der Waals surface area contributed by atoms with Crippen molar-refractivity contribution in [2.45, 2.75) is 19.3 Å². The van der Waals surface area contributed by atoms with E-state index >= 15 is 0 Å². The van der Waals surface area contributed by atoms with E-state index in [0.717, 1.165) is 29.2 Å². The molecule has 82 valence electrons. The summed E-state index contributed by atoms with van der Waals surface area (Å²) in [7, 11) is 0. The minimum Gasteiger partial charge on any atom is -0.492 e. The van der Waals surface area contributed by atoms with Gasteiger partial charge in [0.1, 0.15) is 5.75 Å². The summed E-state index contributed by atoms with van der Waals surface area (Å²) in [5, 5.41) is 0. The maximum absolute atomic E-state index is 5.84. The average molecular weight is 270 g/mol. The molecule has 3 heteroatoms. The van der Waals surface area contributed by atoms with Crippen molar-refractivity contribution in [2.75, 3.05) is 13.2 Å². The van der Waals surface area contributed by atoms with Crippen molar-refractivity contribution >= 4 is 15.9 Å². The Kier molecular flexibility index (Phi) is 3.65. The van der Waals surface area contributed by atoms with Crippen LogP contribution in [0.15, 0.2) is 22.7 Å². The van der Waals surface area contributed by atoms with Crippen molar-refractivity contribution < 1.29 is 4.74 Å². The lowest BCUT2D eigenvalue weighted by Crippen LogP contribution is -2.07. The maximum atomic E-state index is 5.84. The molecule has 2 nitrogen and oxygen atoms in total. The van der Waals surface area contributed by atoms with E-state index in [1.165, 1.54) is 18.4 Å². The molecule has 0 aliphatic heterocycles. The summed E-state index contributed by atoms with van der Waals surface area (Å²) in [5.41, 5.74) is 6.78. The van der Waals surface area contributed by atoms with Gasteiger partial charge in [0.15, 0.2) is 0 Å². The van der Waals surface area contributed by atoms with Gasteiger partial charge >= 0.3 is 0 Å². The Labute approximate surface area is 98.9 Å². The number of para-hydroxylation sites is 1. The smallest absolute Gasteiger partial charge is 0.136 e. The summed E-state index contributed by atoms with van der Waals surface area (Å²) in [6.45, 7) is 1.51. The minimum atomic E-state index is 0.663. The van der Waals surface area contributed by atoms with Crippen LogP contribution >= 0.6 is 15.9 Å². The molecule has 15 heavy (non-hydrogen) atoms. The van der Waals surface area contributed by atoms with Crippen molar-refractivity contribution in [3.8, 4) is 5.75 Å². The predicted molar refractivity (Wildman–Crippen MR) is 65.1 cm³/mol. The molecule has 0 aromatic heterocycles. The van der Waals surface area contributed by atoms with Gasteiger partial charge in [-0.3, -0.25) is 0 Å². The number of halogens is 1. The van der Waals surface area contributed by atoms with Crippen LogP contribution in [0, 0.1) is 5.92 Å². The van der Waals surface area contributed by atoms with Gasteiger partial charge in [0, 0.05) is 0 Å². The third kappa shape index (κ3) is 2.95. The first-order chi connectivity index (χ1) is 7.31. The second-order valence-electron chi connectivity index (χ2n) is 4.02. The highest BCUT2D eigenvalue weighted by atomic mass is 79.9. The third-order valence-electron chi connectivity index (χ3n) is 2.62. The van der Waals surface area contributed by atoms with E-state index in [4.69, 9.17) is 10.5 Å². The zero-order valence-corrected chi connectivity index (χ0v) is 10.3. The van der Waals surface area contributed by atoms with Crippen LogP contribution in [0.5, 0.6) is 5.75 Å². The maximum Gasteiger partial charge on any atom is 0.136 e. The van der Waals surface area contributed by atoms with Gasteiger partial charge in [0.25, 0.3) is 0 Å². The zero-order chi connectivity index (χ0) is 10.7. The number of hydrogen-bond donors (Lipinski definition) is 1. The van der Waals surface area contributed by atoms with Gasteiger partial charge in [0.05, 0.1) is 11.1 Å². The van der Waals surface area contributed by atoms with E-state index in [1.54, 1.807) is 0 Å². The molecule has 0 atom stereocenters. The Balaban J connectivity index is 2.09. The van der Waals surface area contributed by atoms with Gasteiger partial charge in [-0.15, -0.1) is 0 Å². The van der Waals surface area contributed by atoms with Gasteiger partial charge in [0.2, 0.25) is 0 Å². The first-order valence-electron chi connectivity index (χ1n) is 5.41.